The minimum Gasteiger partial charge on any atom is -0.319 e. The Balaban J connectivity index is 1.84. The summed E-state index contributed by atoms with van der Waals surface area (Å²) in [5.41, 5.74) is -0.600. The van der Waals surface area contributed by atoms with E-state index in [1.165, 1.54) is 11.3 Å². The van der Waals surface area contributed by atoms with Gasteiger partial charge in [0.15, 0.2) is 0 Å². The highest BCUT2D eigenvalue weighted by Crippen LogP contribution is 2.35. The maximum Gasteiger partial charge on any atom is 0.326 e. The number of nitrogens with zero attached hydrogens (tertiary/aromatic N) is 2. The van der Waals surface area contributed by atoms with Crippen molar-refractivity contribution in [1.29, 1.82) is 0 Å². The van der Waals surface area contributed by atoms with Crippen LogP contribution in [-0.4, -0.2) is 41.5 Å². The fourth-order valence-corrected chi connectivity index (χ4v) is 3.80. The molecule has 0 bridgehead atoms. The summed E-state index contributed by atoms with van der Waals surface area (Å²) >= 11 is 12.2. The minimum absolute atomic E-state index is 0.280. The van der Waals surface area contributed by atoms with Gasteiger partial charge in [-0.15, -0.1) is 0 Å². The lowest BCUT2D eigenvalue weighted by Gasteiger charge is -2.30. The van der Waals surface area contributed by atoms with Gasteiger partial charge in [0.1, 0.15) is 5.54 Å². The molecule has 23 heavy (non-hydrogen) atoms. The number of nitrogens with one attached hydrogen (secondary N) is 1. The third-order valence-corrected chi connectivity index (χ3v) is 5.08. The molecule has 1 aromatic carbocycles. The zero-order valence-corrected chi connectivity index (χ0v) is 14.5. The van der Waals surface area contributed by atoms with E-state index in [9.17, 15) is 9.59 Å². The lowest BCUT2D eigenvalue weighted by molar-refractivity contribution is -0.132. The van der Waals surface area contributed by atoms with Gasteiger partial charge >= 0.3 is 6.03 Å². The summed E-state index contributed by atoms with van der Waals surface area (Å²) in [4.78, 5) is 28.6. The van der Waals surface area contributed by atoms with Gasteiger partial charge < -0.3 is 5.32 Å². The van der Waals surface area contributed by atoms with Crippen molar-refractivity contribution in [3.63, 3.8) is 0 Å². The molecule has 124 valence electrons. The Bertz CT molecular complexity index is 646. The summed E-state index contributed by atoms with van der Waals surface area (Å²) in [6, 6.07) is 4.55. The zero-order valence-electron chi connectivity index (χ0n) is 12.9. The van der Waals surface area contributed by atoms with Gasteiger partial charge in [-0.25, -0.2) is 9.69 Å². The molecule has 3 amide bonds. The molecule has 0 aromatic heterocycles. The van der Waals surface area contributed by atoms with E-state index in [0.29, 0.717) is 22.3 Å². The number of piperidine rings is 1. The molecule has 7 heteroatoms. The first-order chi connectivity index (χ1) is 10.9. The Morgan fingerprint density at radius 2 is 1.87 bits per heavy atom. The molecule has 0 aliphatic carbocycles. The van der Waals surface area contributed by atoms with Crippen LogP contribution in [0.25, 0.3) is 0 Å². The quantitative estimate of drug-likeness (QED) is 0.847. The summed E-state index contributed by atoms with van der Waals surface area (Å²) in [5, 5.41) is 3.64. The molecule has 0 spiro atoms. The number of benzene rings is 1. The fraction of sp³-hybridized carbons (Fsp3) is 0.500. The van der Waals surface area contributed by atoms with Crippen molar-refractivity contribution < 1.29 is 9.59 Å². The number of carbonyl (C=O) groups is 2. The molecular formula is C16H19Cl2N3O2. The Hall–Kier alpha value is -1.30. The predicted molar refractivity (Wildman–Crippen MR) is 89.5 cm³/mol. The van der Waals surface area contributed by atoms with Gasteiger partial charge in [-0.2, -0.15) is 0 Å². The van der Waals surface area contributed by atoms with Crippen LogP contribution in [0, 0.1) is 0 Å². The van der Waals surface area contributed by atoms with Crippen molar-refractivity contribution in [2.75, 3.05) is 19.8 Å². The maximum absolute atomic E-state index is 12.9. The van der Waals surface area contributed by atoms with Gasteiger partial charge in [0.25, 0.3) is 5.91 Å². The summed E-state index contributed by atoms with van der Waals surface area (Å²) in [6.07, 6.45) is 3.41. The topological polar surface area (TPSA) is 52.7 Å². The van der Waals surface area contributed by atoms with Crippen LogP contribution in [0.2, 0.25) is 10.0 Å². The molecular weight excluding hydrogens is 337 g/mol. The number of carbonyl (C=O) groups excluding carboxylic acids is 2. The number of amides is 3. The van der Waals surface area contributed by atoms with Crippen LogP contribution in [0.3, 0.4) is 0 Å². The Morgan fingerprint density at radius 3 is 2.52 bits per heavy atom. The van der Waals surface area contributed by atoms with Gasteiger partial charge in [-0.05, 0) is 45.0 Å². The van der Waals surface area contributed by atoms with Crippen molar-refractivity contribution in [3.05, 3.63) is 33.8 Å². The number of urea groups is 1. The highest BCUT2D eigenvalue weighted by Gasteiger charge is 2.50. The van der Waals surface area contributed by atoms with E-state index in [0.717, 1.165) is 25.9 Å². The molecule has 2 aliphatic rings. The van der Waals surface area contributed by atoms with E-state index in [-0.39, 0.29) is 11.9 Å². The van der Waals surface area contributed by atoms with Crippen molar-refractivity contribution in [2.45, 2.75) is 31.7 Å². The van der Waals surface area contributed by atoms with Crippen molar-refractivity contribution in [2.24, 2.45) is 0 Å². The maximum atomic E-state index is 12.9. The molecule has 2 saturated heterocycles. The molecule has 0 saturated carbocycles. The zero-order chi connectivity index (χ0) is 16.6. The largest absolute Gasteiger partial charge is 0.326 e. The number of hydrogen-bond donors (Lipinski definition) is 1. The second kappa shape index (κ2) is 6.30. The van der Waals surface area contributed by atoms with Crippen LogP contribution in [0.4, 0.5) is 4.79 Å². The predicted octanol–water partition coefficient (Wildman–Crippen LogP) is 3.20. The van der Waals surface area contributed by atoms with Gasteiger partial charge in [0, 0.05) is 15.6 Å². The van der Waals surface area contributed by atoms with Gasteiger partial charge in [-0.3, -0.25) is 9.69 Å². The average Bonchev–Trinajstić information content (AvgIpc) is 2.72. The first kappa shape index (κ1) is 16.6. The van der Waals surface area contributed by atoms with Crippen LogP contribution in [-0.2, 0) is 10.3 Å². The standard InChI is InChI=1S/C16H19Cl2N3O2/c1-16(12-6-5-11(17)9-13(12)18)14(22)21(15(23)19-16)10-20-7-3-2-4-8-20/h5-6,9H,2-4,7-8,10H2,1H3,(H,19,23)/t16-/m0/s1. The number of rotatable bonds is 3. The van der Waals surface area contributed by atoms with Crippen LogP contribution in [0.5, 0.6) is 0 Å². The van der Waals surface area contributed by atoms with Crippen molar-refractivity contribution in [3.8, 4) is 0 Å². The molecule has 0 radical (unpaired) electrons. The van der Waals surface area contributed by atoms with Crippen molar-refractivity contribution >= 4 is 35.1 Å². The molecule has 1 aromatic rings. The molecule has 0 unspecified atom stereocenters. The third-order valence-electron chi connectivity index (χ3n) is 4.53. The molecule has 5 nitrogen and oxygen atoms in total. The van der Waals surface area contributed by atoms with Gasteiger partial charge in [-0.1, -0.05) is 35.7 Å². The van der Waals surface area contributed by atoms with E-state index in [1.807, 2.05) is 0 Å². The minimum atomic E-state index is -1.16. The average molecular weight is 356 g/mol. The van der Waals surface area contributed by atoms with Crippen molar-refractivity contribution in [1.82, 2.24) is 15.1 Å². The molecule has 2 heterocycles. The van der Waals surface area contributed by atoms with Gasteiger partial charge in [0.2, 0.25) is 0 Å². The Kier molecular flexibility index (Phi) is 4.54. The normalized spacial score (nSPS) is 25.8. The number of imide groups is 1. The molecule has 1 atom stereocenters. The summed E-state index contributed by atoms with van der Waals surface area (Å²) < 4.78 is 0. The number of halogens is 2. The number of hydrogen-bond acceptors (Lipinski definition) is 3. The van der Waals surface area contributed by atoms with E-state index < -0.39 is 5.54 Å². The molecule has 1 N–H and O–H groups in total. The highest BCUT2D eigenvalue weighted by atomic mass is 35.5. The lowest BCUT2D eigenvalue weighted by atomic mass is 9.92. The fourth-order valence-electron chi connectivity index (χ4n) is 3.20. The van der Waals surface area contributed by atoms with E-state index in [2.05, 4.69) is 10.2 Å². The van der Waals surface area contributed by atoms with E-state index in [4.69, 9.17) is 23.2 Å². The van der Waals surface area contributed by atoms with Crippen LogP contribution < -0.4 is 5.32 Å². The van der Waals surface area contributed by atoms with Crippen LogP contribution in [0.15, 0.2) is 18.2 Å². The summed E-state index contributed by atoms with van der Waals surface area (Å²) in [6.45, 7) is 3.83. The third kappa shape index (κ3) is 3.05. The molecule has 3 rings (SSSR count). The first-order valence-electron chi connectivity index (χ1n) is 7.74. The molecule has 2 aliphatic heterocycles. The Labute approximate surface area is 145 Å². The highest BCUT2D eigenvalue weighted by molar-refractivity contribution is 6.35. The van der Waals surface area contributed by atoms with Gasteiger partial charge in [0.05, 0.1) is 6.67 Å². The second-order valence-corrected chi connectivity index (χ2v) is 7.08. The first-order valence-corrected chi connectivity index (χ1v) is 8.49. The number of likely N-dealkylation sites (tertiary alicyclic amines) is 1. The summed E-state index contributed by atoms with van der Waals surface area (Å²) in [5.74, 6) is -0.280. The smallest absolute Gasteiger partial charge is 0.319 e. The monoisotopic (exact) mass is 355 g/mol. The van der Waals surface area contributed by atoms with Crippen LogP contribution in [0.1, 0.15) is 31.7 Å². The lowest BCUT2D eigenvalue weighted by Crippen LogP contribution is -2.45. The van der Waals surface area contributed by atoms with E-state index >= 15 is 0 Å². The van der Waals surface area contributed by atoms with Crippen LogP contribution >= 0.6 is 23.2 Å². The second-order valence-electron chi connectivity index (χ2n) is 6.23. The SMILES string of the molecule is C[C@@]1(c2ccc(Cl)cc2Cl)NC(=O)N(CN2CCCCC2)C1=O. The Morgan fingerprint density at radius 1 is 1.17 bits per heavy atom. The van der Waals surface area contributed by atoms with E-state index in [1.54, 1.807) is 25.1 Å². The summed E-state index contributed by atoms with van der Waals surface area (Å²) in [7, 11) is 0. The molecule has 2 fully saturated rings.